The average Bonchev–Trinajstić information content (AvgIpc) is 3.14. The van der Waals surface area contributed by atoms with E-state index in [1.54, 1.807) is 11.8 Å². The molecule has 22 heavy (non-hydrogen) atoms. The van der Waals surface area contributed by atoms with Crippen LogP contribution in [0.1, 0.15) is 25.3 Å². The van der Waals surface area contributed by atoms with Crippen molar-refractivity contribution in [1.82, 2.24) is 9.88 Å². The monoisotopic (exact) mass is 299 g/mol. The minimum absolute atomic E-state index is 0.0464. The summed E-state index contributed by atoms with van der Waals surface area (Å²) in [4.78, 5) is 29.0. The number of nitrogens with zero attached hydrogens (tertiary/aromatic N) is 1. The molecule has 0 unspecified atom stereocenters. The molecule has 5 nitrogen and oxygen atoms in total. The van der Waals surface area contributed by atoms with E-state index in [1.165, 1.54) is 0 Å². The van der Waals surface area contributed by atoms with Crippen LogP contribution in [0.5, 0.6) is 0 Å². The smallest absolute Gasteiger partial charge is 0.240 e. The summed E-state index contributed by atoms with van der Waals surface area (Å²) in [5.74, 6) is -0.0758. The first-order chi connectivity index (χ1) is 10.6. The van der Waals surface area contributed by atoms with E-state index >= 15 is 0 Å². The largest absolute Gasteiger partial charge is 0.361 e. The van der Waals surface area contributed by atoms with E-state index in [4.69, 9.17) is 5.73 Å². The summed E-state index contributed by atoms with van der Waals surface area (Å²) in [6.45, 7) is 2.17. The van der Waals surface area contributed by atoms with Gasteiger partial charge < -0.3 is 15.6 Å². The quantitative estimate of drug-likeness (QED) is 0.900. The lowest BCUT2D eigenvalue weighted by atomic mass is 10.0. The molecule has 1 saturated heterocycles. The van der Waals surface area contributed by atoms with Gasteiger partial charge in [-0.15, -0.1) is 0 Å². The molecule has 0 bridgehead atoms. The highest BCUT2D eigenvalue weighted by Crippen LogP contribution is 2.22. The van der Waals surface area contributed by atoms with Crippen molar-refractivity contribution in [2.45, 2.75) is 38.3 Å². The number of ketones is 1. The molecule has 1 aliphatic rings. The lowest BCUT2D eigenvalue weighted by molar-refractivity contribution is -0.137. The maximum Gasteiger partial charge on any atom is 0.240 e. The number of aromatic amines is 1. The third kappa shape index (κ3) is 2.64. The second kappa shape index (κ2) is 5.93. The zero-order valence-electron chi connectivity index (χ0n) is 12.7. The highest BCUT2D eigenvalue weighted by molar-refractivity contribution is 5.91. The van der Waals surface area contributed by atoms with E-state index in [2.05, 4.69) is 4.98 Å². The standard InChI is InChI=1S/C17H21N3O2/c1-11(21)16-7-4-8-20(16)17(22)14(18)9-12-10-19-15-6-3-2-5-13(12)15/h2-3,5-6,10,14,16,19H,4,7-9,18H2,1H3/t14-,16-/m0/s1. The predicted octanol–water partition coefficient (Wildman–Crippen LogP) is 1.62. The number of carbonyl (C=O) groups excluding carboxylic acids is 2. The Labute approximate surface area is 129 Å². The van der Waals surface area contributed by atoms with Gasteiger partial charge in [0.2, 0.25) is 5.91 Å². The highest BCUT2D eigenvalue weighted by atomic mass is 16.2. The molecule has 2 heterocycles. The van der Waals surface area contributed by atoms with E-state index < -0.39 is 6.04 Å². The fourth-order valence-corrected chi connectivity index (χ4v) is 3.29. The summed E-state index contributed by atoms with van der Waals surface area (Å²) in [6.07, 6.45) is 4.00. The van der Waals surface area contributed by atoms with Crippen molar-refractivity contribution in [1.29, 1.82) is 0 Å². The summed E-state index contributed by atoms with van der Waals surface area (Å²) in [7, 11) is 0. The van der Waals surface area contributed by atoms with Gasteiger partial charge in [0, 0.05) is 23.6 Å². The Hall–Kier alpha value is -2.14. The van der Waals surface area contributed by atoms with Crippen molar-refractivity contribution in [3.8, 4) is 0 Å². The number of fused-ring (bicyclic) bond motifs is 1. The number of H-pyrrole nitrogens is 1. The maximum atomic E-state index is 12.6. The molecule has 3 N–H and O–H groups in total. The van der Waals surface area contributed by atoms with Gasteiger partial charge in [-0.05, 0) is 37.8 Å². The first-order valence-electron chi connectivity index (χ1n) is 7.69. The molecule has 1 aromatic heterocycles. The lowest BCUT2D eigenvalue weighted by Crippen LogP contribution is -2.48. The van der Waals surface area contributed by atoms with Crippen LogP contribution in [-0.4, -0.2) is 40.2 Å². The first kappa shape index (κ1) is 14.8. The number of nitrogens with one attached hydrogen (secondary N) is 1. The SMILES string of the molecule is CC(=O)[C@@H]1CCCN1C(=O)[C@@H](N)Cc1c[nH]c2ccccc12. The number of hydrogen-bond donors (Lipinski definition) is 2. The van der Waals surface area contributed by atoms with Crippen LogP contribution in [0, 0.1) is 0 Å². The van der Waals surface area contributed by atoms with Gasteiger partial charge in [0.25, 0.3) is 0 Å². The Morgan fingerprint density at radius 2 is 2.18 bits per heavy atom. The normalized spacial score (nSPS) is 19.5. The Morgan fingerprint density at radius 1 is 1.41 bits per heavy atom. The van der Waals surface area contributed by atoms with E-state index in [0.29, 0.717) is 13.0 Å². The summed E-state index contributed by atoms with van der Waals surface area (Å²) >= 11 is 0. The van der Waals surface area contributed by atoms with E-state index in [-0.39, 0.29) is 17.7 Å². The van der Waals surface area contributed by atoms with Crippen LogP contribution >= 0.6 is 0 Å². The molecule has 116 valence electrons. The number of nitrogens with two attached hydrogens (primary N) is 1. The summed E-state index contributed by atoms with van der Waals surface area (Å²) in [5, 5.41) is 1.09. The van der Waals surface area contributed by atoms with Crippen LogP contribution in [0.3, 0.4) is 0 Å². The van der Waals surface area contributed by atoms with Crippen molar-refractivity contribution in [3.05, 3.63) is 36.0 Å². The van der Waals surface area contributed by atoms with E-state index in [0.717, 1.165) is 29.3 Å². The van der Waals surface area contributed by atoms with Gasteiger partial charge in [0.15, 0.2) is 5.78 Å². The second-order valence-electron chi connectivity index (χ2n) is 5.97. The fraction of sp³-hybridized carbons (Fsp3) is 0.412. The molecule has 2 atom stereocenters. The molecular formula is C17H21N3O2. The highest BCUT2D eigenvalue weighted by Gasteiger charge is 2.34. The second-order valence-corrected chi connectivity index (χ2v) is 5.97. The minimum atomic E-state index is -0.612. The van der Waals surface area contributed by atoms with Crippen LogP contribution in [-0.2, 0) is 16.0 Å². The molecule has 0 spiro atoms. The summed E-state index contributed by atoms with van der Waals surface area (Å²) in [5.41, 5.74) is 8.20. The van der Waals surface area contributed by atoms with Crippen molar-refractivity contribution < 1.29 is 9.59 Å². The van der Waals surface area contributed by atoms with Gasteiger partial charge >= 0.3 is 0 Å². The Balaban J connectivity index is 1.75. The van der Waals surface area contributed by atoms with Gasteiger partial charge in [-0.2, -0.15) is 0 Å². The number of amides is 1. The van der Waals surface area contributed by atoms with Crippen molar-refractivity contribution >= 4 is 22.6 Å². The number of para-hydroxylation sites is 1. The van der Waals surface area contributed by atoms with Crippen LogP contribution < -0.4 is 5.73 Å². The molecule has 1 fully saturated rings. The van der Waals surface area contributed by atoms with Crippen molar-refractivity contribution in [3.63, 3.8) is 0 Å². The number of Topliss-reactive ketones (excluding diaryl/α,β-unsaturated/α-hetero) is 1. The Kier molecular flexibility index (Phi) is 3.98. The zero-order chi connectivity index (χ0) is 15.7. The van der Waals surface area contributed by atoms with Gasteiger partial charge in [-0.1, -0.05) is 18.2 Å². The van der Waals surface area contributed by atoms with E-state index in [9.17, 15) is 9.59 Å². The average molecular weight is 299 g/mol. The number of carbonyl (C=O) groups is 2. The van der Waals surface area contributed by atoms with Crippen molar-refractivity contribution in [2.75, 3.05) is 6.54 Å². The molecule has 0 radical (unpaired) electrons. The van der Waals surface area contributed by atoms with Gasteiger partial charge in [0.05, 0.1) is 12.1 Å². The topological polar surface area (TPSA) is 79.2 Å². The molecule has 1 aliphatic heterocycles. The third-order valence-corrected chi connectivity index (χ3v) is 4.44. The molecule has 5 heteroatoms. The van der Waals surface area contributed by atoms with Gasteiger partial charge in [0.1, 0.15) is 0 Å². The summed E-state index contributed by atoms with van der Waals surface area (Å²) < 4.78 is 0. The number of benzene rings is 1. The number of likely N-dealkylation sites (tertiary alicyclic amines) is 1. The molecule has 0 saturated carbocycles. The van der Waals surface area contributed by atoms with Crippen molar-refractivity contribution in [2.24, 2.45) is 5.73 Å². The molecule has 2 aromatic rings. The fourth-order valence-electron chi connectivity index (χ4n) is 3.29. The zero-order valence-corrected chi connectivity index (χ0v) is 12.7. The van der Waals surface area contributed by atoms with E-state index in [1.807, 2.05) is 30.5 Å². The van der Waals surface area contributed by atoms with Gasteiger partial charge in [-0.25, -0.2) is 0 Å². The number of aromatic nitrogens is 1. The van der Waals surface area contributed by atoms with Crippen LogP contribution in [0.2, 0.25) is 0 Å². The molecule has 0 aliphatic carbocycles. The molecular weight excluding hydrogens is 278 g/mol. The summed E-state index contributed by atoms with van der Waals surface area (Å²) in [6, 6.07) is 7.06. The Morgan fingerprint density at radius 3 is 2.95 bits per heavy atom. The molecule has 3 rings (SSSR count). The van der Waals surface area contributed by atoms with Crippen LogP contribution in [0.15, 0.2) is 30.5 Å². The maximum absolute atomic E-state index is 12.6. The molecule has 1 amide bonds. The third-order valence-electron chi connectivity index (χ3n) is 4.44. The predicted molar refractivity (Wildman–Crippen MR) is 85.4 cm³/mol. The lowest BCUT2D eigenvalue weighted by Gasteiger charge is -2.25. The van der Waals surface area contributed by atoms with Crippen LogP contribution in [0.4, 0.5) is 0 Å². The first-order valence-corrected chi connectivity index (χ1v) is 7.69. The van der Waals surface area contributed by atoms with Gasteiger partial charge in [-0.3, -0.25) is 9.59 Å². The number of rotatable bonds is 4. The molecule has 1 aromatic carbocycles. The number of hydrogen-bond acceptors (Lipinski definition) is 3. The minimum Gasteiger partial charge on any atom is -0.361 e. The Bertz CT molecular complexity index is 707. The van der Waals surface area contributed by atoms with Crippen LogP contribution in [0.25, 0.3) is 10.9 Å².